The van der Waals surface area contributed by atoms with Crippen LogP contribution in [-0.4, -0.2) is 44.0 Å². The Labute approximate surface area is 216 Å². The molecule has 1 amide bonds. The van der Waals surface area contributed by atoms with Gasteiger partial charge in [0.2, 0.25) is 0 Å². The van der Waals surface area contributed by atoms with Gasteiger partial charge in [0.1, 0.15) is 16.7 Å². The molecule has 5 rings (SSSR count). The Kier molecular flexibility index (Phi) is 6.49. The van der Waals surface area contributed by atoms with Crippen LogP contribution in [0.2, 0.25) is 5.02 Å². The Morgan fingerprint density at radius 3 is 2.44 bits per heavy atom. The maximum Gasteiger partial charge on any atom is 0.293 e. The van der Waals surface area contributed by atoms with Crippen LogP contribution in [0, 0.1) is 10.1 Å². The van der Waals surface area contributed by atoms with Gasteiger partial charge in [0.25, 0.3) is 11.6 Å². The van der Waals surface area contributed by atoms with E-state index in [0.717, 1.165) is 31.6 Å². The van der Waals surface area contributed by atoms with E-state index in [9.17, 15) is 14.9 Å². The SMILES string of the molecule is O=C(NC(=S)Nc1ccc2nn(-c3ccc(Cl)cc3)nc2c1)c1ccc(N2CCCC2)c([N+](=O)[O-])c1. The van der Waals surface area contributed by atoms with Crippen molar-refractivity contribution in [2.75, 3.05) is 23.3 Å². The summed E-state index contributed by atoms with van der Waals surface area (Å²) in [5, 5.41) is 26.7. The van der Waals surface area contributed by atoms with Crippen molar-refractivity contribution >= 4 is 62.9 Å². The van der Waals surface area contributed by atoms with Crippen LogP contribution in [0.15, 0.2) is 60.7 Å². The number of nitro benzene ring substituents is 1. The van der Waals surface area contributed by atoms with E-state index in [1.54, 1.807) is 42.5 Å². The number of thiocarbonyl (C=S) groups is 1. The first-order chi connectivity index (χ1) is 17.4. The average molecular weight is 522 g/mol. The van der Waals surface area contributed by atoms with E-state index in [4.69, 9.17) is 23.8 Å². The van der Waals surface area contributed by atoms with Gasteiger partial charge >= 0.3 is 0 Å². The zero-order valence-corrected chi connectivity index (χ0v) is 20.4. The van der Waals surface area contributed by atoms with E-state index in [-0.39, 0.29) is 16.4 Å². The minimum Gasteiger partial charge on any atom is -0.366 e. The van der Waals surface area contributed by atoms with Crippen LogP contribution in [0.4, 0.5) is 17.1 Å². The maximum absolute atomic E-state index is 12.7. The number of hydrogen-bond acceptors (Lipinski definition) is 7. The standard InChI is InChI=1S/C24H20ClN7O3S/c25-16-4-7-18(8-5-16)31-28-19-9-6-17(14-20(19)29-31)26-24(36)27-23(33)15-3-10-21(22(13-15)32(34)35)30-11-1-2-12-30/h3-10,13-14H,1-2,11-12H2,(H2,26,27,33,36). The summed E-state index contributed by atoms with van der Waals surface area (Å²) in [7, 11) is 0. The molecule has 0 spiro atoms. The number of anilines is 2. The van der Waals surface area contributed by atoms with Crippen molar-refractivity contribution in [2.45, 2.75) is 12.8 Å². The topological polar surface area (TPSA) is 118 Å². The zero-order chi connectivity index (χ0) is 25.2. The molecular formula is C24H20ClN7O3S. The zero-order valence-electron chi connectivity index (χ0n) is 18.8. The number of fused-ring (bicyclic) bond motifs is 1. The lowest BCUT2D eigenvalue weighted by molar-refractivity contribution is -0.384. The van der Waals surface area contributed by atoms with Crippen LogP contribution < -0.4 is 15.5 Å². The van der Waals surface area contributed by atoms with E-state index in [0.29, 0.717) is 27.4 Å². The number of rotatable bonds is 5. The predicted octanol–water partition coefficient (Wildman–Crippen LogP) is 4.71. The molecule has 0 atom stereocenters. The number of halogens is 1. The van der Waals surface area contributed by atoms with E-state index < -0.39 is 10.8 Å². The fourth-order valence-corrected chi connectivity index (χ4v) is 4.39. The van der Waals surface area contributed by atoms with E-state index in [2.05, 4.69) is 20.8 Å². The summed E-state index contributed by atoms with van der Waals surface area (Å²) >= 11 is 11.2. The minimum atomic E-state index is -0.543. The van der Waals surface area contributed by atoms with Crippen LogP contribution in [0.1, 0.15) is 23.2 Å². The molecule has 1 aliphatic heterocycles. The second-order valence-electron chi connectivity index (χ2n) is 8.23. The molecule has 2 heterocycles. The second-order valence-corrected chi connectivity index (χ2v) is 9.08. The van der Waals surface area contributed by atoms with E-state index in [1.807, 2.05) is 17.0 Å². The van der Waals surface area contributed by atoms with Crippen LogP contribution in [0.3, 0.4) is 0 Å². The van der Waals surface area contributed by atoms with Crippen molar-refractivity contribution in [3.63, 3.8) is 0 Å². The molecule has 0 bridgehead atoms. The number of aromatic nitrogens is 3. The number of carbonyl (C=O) groups is 1. The van der Waals surface area contributed by atoms with Gasteiger partial charge in [0.15, 0.2) is 5.11 Å². The third-order valence-electron chi connectivity index (χ3n) is 5.80. The molecule has 0 unspecified atom stereocenters. The Morgan fingerprint density at radius 1 is 1.00 bits per heavy atom. The summed E-state index contributed by atoms with van der Waals surface area (Å²) in [6.07, 6.45) is 1.98. The first kappa shape index (κ1) is 23.6. The summed E-state index contributed by atoms with van der Waals surface area (Å²) < 4.78 is 0. The highest BCUT2D eigenvalue weighted by molar-refractivity contribution is 7.80. The molecular weight excluding hydrogens is 502 g/mol. The largest absolute Gasteiger partial charge is 0.366 e. The Morgan fingerprint density at radius 2 is 1.72 bits per heavy atom. The van der Waals surface area contributed by atoms with Gasteiger partial charge in [-0.05, 0) is 79.7 Å². The number of hydrogen-bond donors (Lipinski definition) is 2. The van der Waals surface area contributed by atoms with Crippen molar-refractivity contribution in [2.24, 2.45) is 0 Å². The third kappa shape index (κ3) is 4.97. The Hall–Kier alpha value is -4.09. The van der Waals surface area contributed by atoms with Gasteiger partial charge in [-0.15, -0.1) is 10.2 Å². The van der Waals surface area contributed by atoms with Gasteiger partial charge in [-0.25, -0.2) is 0 Å². The summed E-state index contributed by atoms with van der Waals surface area (Å²) in [5.41, 5.74) is 3.24. The third-order valence-corrected chi connectivity index (χ3v) is 6.26. The molecule has 1 saturated heterocycles. The number of nitro groups is 1. The Balaban J connectivity index is 1.28. The van der Waals surface area contributed by atoms with Crippen molar-refractivity contribution in [1.82, 2.24) is 20.3 Å². The minimum absolute atomic E-state index is 0.0516. The van der Waals surface area contributed by atoms with Crippen molar-refractivity contribution in [1.29, 1.82) is 0 Å². The van der Waals surface area contributed by atoms with Crippen LogP contribution in [0.5, 0.6) is 0 Å². The number of benzene rings is 3. The molecule has 36 heavy (non-hydrogen) atoms. The highest BCUT2D eigenvalue weighted by Gasteiger charge is 2.24. The van der Waals surface area contributed by atoms with Crippen molar-refractivity contribution < 1.29 is 9.72 Å². The van der Waals surface area contributed by atoms with E-state index >= 15 is 0 Å². The summed E-state index contributed by atoms with van der Waals surface area (Å²) in [5.74, 6) is -0.543. The van der Waals surface area contributed by atoms with Crippen LogP contribution >= 0.6 is 23.8 Å². The molecule has 10 nitrogen and oxygen atoms in total. The summed E-state index contributed by atoms with van der Waals surface area (Å²) in [6.45, 7) is 1.52. The van der Waals surface area contributed by atoms with Gasteiger partial charge in [-0.2, -0.15) is 4.80 Å². The molecule has 4 aromatic rings. The Bertz CT molecular complexity index is 1480. The monoisotopic (exact) mass is 521 g/mol. The molecule has 1 aromatic heterocycles. The molecule has 3 aromatic carbocycles. The maximum atomic E-state index is 12.7. The quantitative estimate of drug-likeness (QED) is 0.220. The number of nitrogens with one attached hydrogen (secondary N) is 2. The lowest BCUT2D eigenvalue weighted by Crippen LogP contribution is -2.34. The molecule has 182 valence electrons. The average Bonchev–Trinajstić information content (AvgIpc) is 3.54. The molecule has 12 heteroatoms. The van der Waals surface area contributed by atoms with Gasteiger partial charge in [0.05, 0.1) is 10.6 Å². The number of carbonyl (C=O) groups excluding carboxylic acids is 1. The lowest BCUT2D eigenvalue weighted by atomic mass is 10.1. The normalized spacial score (nSPS) is 13.1. The second kappa shape index (κ2) is 9.88. The predicted molar refractivity (Wildman–Crippen MR) is 142 cm³/mol. The summed E-state index contributed by atoms with van der Waals surface area (Å²) in [4.78, 5) is 27.4. The van der Waals surface area contributed by atoms with Gasteiger partial charge in [-0.3, -0.25) is 20.2 Å². The summed E-state index contributed by atoms with van der Waals surface area (Å²) in [6, 6.07) is 16.9. The highest BCUT2D eigenvalue weighted by Crippen LogP contribution is 2.31. The fourth-order valence-electron chi connectivity index (χ4n) is 4.06. The molecule has 0 aliphatic carbocycles. The lowest BCUT2D eigenvalue weighted by Gasteiger charge is -2.18. The van der Waals surface area contributed by atoms with E-state index in [1.165, 1.54) is 10.9 Å². The van der Waals surface area contributed by atoms with Crippen LogP contribution in [-0.2, 0) is 0 Å². The number of amides is 1. The molecule has 1 aliphatic rings. The molecule has 2 N–H and O–H groups in total. The fraction of sp³-hybridized carbons (Fsp3) is 0.167. The van der Waals surface area contributed by atoms with Gasteiger partial charge in [-0.1, -0.05) is 11.6 Å². The van der Waals surface area contributed by atoms with Crippen molar-refractivity contribution in [3.05, 3.63) is 81.4 Å². The van der Waals surface area contributed by atoms with Gasteiger partial charge in [0, 0.05) is 35.4 Å². The first-order valence-electron chi connectivity index (χ1n) is 11.2. The van der Waals surface area contributed by atoms with Crippen LogP contribution in [0.25, 0.3) is 16.7 Å². The first-order valence-corrected chi connectivity index (χ1v) is 11.9. The van der Waals surface area contributed by atoms with Gasteiger partial charge < -0.3 is 10.2 Å². The molecule has 0 radical (unpaired) electrons. The highest BCUT2D eigenvalue weighted by atomic mass is 35.5. The molecule has 0 saturated carbocycles. The number of nitrogens with zero attached hydrogens (tertiary/aromatic N) is 5. The smallest absolute Gasteiger partial charge is 0.293 e. The molecule has 1 fully saturated rings. The van der Waals surface area contributed by atoms with Crippen molar-refractivity contribution in [3.8, 4) is 5.69 Å².